The number of amides is 1. The van der Waals surface area contributed by atoms with Crippen molar-refractivity contribution in [2.24, 2.45) is 0 Å². The van der Waals surface area contributed by atoms with Crippen LogP contribution in [0.1, 0.15) is 24.8 Å². The van der Waals surface area contributed by atoms with Crippen LogP contribution < -0.4 is 10.9 Å². The molecular formula is C20H22N2O2S. The fourth-order valence-electron chi connectivity index (χ4n) is 2.80. The van der Waals surface area contributed by atoms with E-state index in [0.29, 0.717) is 25.9 Å². The highest BCUT2D eigenvalue weighted by atomic mass is 32.1. The van der Waals surface area contributed by atoms with Gasteiger partial charge in [0.1, 0.15) is 0 Å². The Morgan fingerprint density at radius 1 is 1.00 bits per heavy atom. The number of rotatable bonds is 8. The van der Waals surface area contributed by atoms with Crippen LogP contribution in [0.5, 0.6) is 0 Å². The second-order valence-corrected chi connectivity index (χ2v) is 7.10. The van der Waals surface area contributed by atoms with E-state index >= 15 is 0 Å². The molecule has 2 aromatic carbocycles. The van der Waals surface area contributed by atoms with Crippen molar-refractivity contribution < 1.29 is 4.79 Å². The molecule has 3 rings (SSSR count). The van der Waals surface area contributed by atoms with Crippen molar-refractivity contribution in [3.63, 3.8) is 0 Å². The first kappa shape index (κ1) is 17.4. The summed E-state index contributed by atoms with van der Waals surface area (Å²) in [7, 11) is 0. The van der Waals surface area contributed by atoms with Crippen molar-refractivity contribution in [2.45, 2.75) is 32.2 Å². The number of hydrogen-bond acceptors (Lipinski definition) is 3. The lowest BCUT2D eigenvalue weighted by Gasteiger charge is -2.05. The molecule has 1 amide bonds. The van der Waals surface area contributed by atoms with Crippen molar-refractivity contribution in [1.82, 2.24) is 9.27 Å². The lowest BCUT2D eigenvalue weighted by molar-refractivity contribution is -0.121. The maximum atomic E-state index is 12.2. The summed E-state index contributed by atoms with van der Waals surface area (Å²) in [6.45, 7) is 1.28. The van der Waals surface area contributed by atoms with Crippen molar-refractivity contribution in [3.8, 4) is 0 Å². The zero-order valence-corrected chi connectivity index (χ0v) is 14.9. The molecular weight excluding hydrogens is 332 g/mol. The van der Waals surface area contributed by atoms with Gasteiger partial charge in [0.05, 0.1) is 10.1 Å². The number of benzene rings is 2. The number of fused-ring (bicyclic) bond motifs is 1. The van der Waals surface area contributed by atoms with E-state index in [2.05, 4.69) is 17.4 Å². The average molecular weight is 354 g/mol. The lowest BCUT2D eigenvalue weighted by atomic mass is 10.1. The van der Waals surface area contributed by atoms with Crippen LogP contribution in [-0.4, -0.2) is 16.4 Å². The van der Waals surface area contributed by atoms with Crippen LogP contribution in [0.2, 0.25) is 0 Å². The third-order valence-electron chi connectivity index (χ3n) is 4.12. The zero-order valence-electron chi connectivity index (χ0n) is 14.1. The monoisotopic (exact) mass is 354 g/mol. The number of nitrogens with one attached hydrogen (secondary N) is 1. The van der Waals surface area contributed by atoms with E-state index in [0.717, 1.165) is 22.9 Å². The van der Waals surface area contributed by atoms with Crippen LogP contribution in [0.15, 0.2) is 59.4 Å². The quantitative estimate of drug-likeness (QED) is 0.629. The molecule has 0 bridgehead atoms. The molecule has 0 aliphatic carbocycles. The number of nitrogens with zero attached hydrogens (tertiary/aromatic N) is 1. The fourth-order valence-corrected chi connectivity index (χ4v) is 3.83. The molecule has 0 saturated heterocycles. The topological polar surface area (TPSA) is 51.1 Å². The predicted molar refractivity (Wildman–Crippen MR) is 103 cm³/mol. The number of carbonyl (C=O) groups is 1. The maximum absolute atomic E-state index is 12.2. The Morgan fingerprint density at radius 2 is 1.76 bits per heavy atom. The number of carbonyl (C=O) groups excluding carboxylic acids is 1. The Hall–Kier alpha value is -2.40. The molecule has 4 nitrogen and oxygen atoms in total. The van der Waals surface area contributed by atoms with Crippen LogP contribution in [0, 0.1) is 0 Å². The smallest absolute Gasteiger partial charge is 0.268 e. The van der Waals surface area contributed by atoms with Gasteiger partial charge in [0.2, 0.25) is 5.91 Å². The van der Waals surface area contributed by atoms with E-state index in [-0.39, 0.29) is 11.5 Å². The molecule has 0 aliphatic rings. The minimum absolute atomic E-state index is 0.0452. The molecule has 1 N–H and O–H groups in total. The number of hydrogen-bond donors (Lipinski definition) is 1. The standard InChI is InChI=1S/C20H22N2O2S/c23-19(21-14-6-10-16-8-2-1-3-9-16)13-7-15-22-20(24)17-11-4-5-12-18(17)25-22/h1-5,8-9,11-12H,6-7,10,13-15H2,(H,21,23). The van der Waals surface area contributed by atoms with E-state index in [1.54, 1.807) is 3.96 Å². The molecule has 0 aliphatic heterocycles. The Labute approximate surface area is 151 Å². The summed E-state index contributed by atoms with van der Waals surface area (Å²) in [5, 5.41) is 3.72. The van der Waals surface area contributed by atoms with Gasteiger partial charge in [-0.05, 0) is 37.0 Å². The first-order valence-corrected chi connectivity index (χ1v) is 9.41. The van der Waals surface area contributed by atoms with E-state index in [9.17, 15) is 9.59 Å². The Morgan fingerprint density at radius 3 is 2.56 bits per heavy atom. The van der Waals surface area contributed by atoms with Crippen molar-refractivity contribution in [2.75, 3.05) is 6.54 Å². The van der Waals surface area contributed by atoms with Gasteiger partial charge in [0, 0.05) is 19.5 Å². The summed E-state index contributed by atoms with van der Waals surface area (Å²) in [5.41, 5.74) is 1.34. The van der Waals surface area contributed by atoms with Gasteiger partial charge >= 0.3 is 0 Å². The third-order valence-corrected chi connectivity index (χ3v) is 5.25. The minimum Gasteiger partial charge on any atom is -0.356 e. The van der Waals surface area contributed by atoms with Gasteiger partial charge in [-0.15, -0.1) is 0 Å². The summed E-state index contributed by atoms with van der Waals surface area (Å²) in [5.74, 6) is 0.0576. The first-order chi connectivity index (χ1) is 12.2. The zero-order chi connectivity index (χ0) is 17.5. The van der Waals surface area contributed by atoms with Crippen molar-refractivity contribution in [3.05, 3.63) is 70.5 Å². The first-order valence-electron chi connectivity index (χ1n) is 8.63. The average Bonchev–Trinajstić information content (AvgIpc) is 2.96. The van der Waals surface area contributed by atoms with E-state index in [4.69, 9.17) is 0 Å². The van der Waals surface area contributed by atoms with Crippen molar-refractivity contribution >= 4 is 27.5 Å². The highest BCUT2D eigenvalue weighted by molar-refractivity contribution is 7.13. The minimum atomic E-state index is 0.0452. The van der Waals surface area contributed by atoms with Gasteiger partial charge in [-0.1, -0.05) is 54.0 Å². The molecule has 0 fully saturated rings. The molecule has 0 unspecified atom stereocenters. The van der Waals surface area contributed by atoms with Gasteiger partial charge in [-0.3, -0.25) is 13.5 Å². The number of aromatic nitrogens is 1. The van der Waals surface area contributed by atoms with Crippen LogP contribution in [0.4, 0.5) is 0 Å². The van der Waals surface area contributed by atoms with E-state index < -0.39 is 0 Å². The Kier molecular flexibility index (Phi) is 6.01. The summed E-state index contributed by atoms with van der Waals surface area (Å²) in [6, 6.07) is 17.9. The van der Waals surface area contributed by atoms with Crippen molar-refractivity contribution in [1.29, 1.82) is 0 Å². The summed E-state index contributed by atoms with van der Waals surface area (Å²) in [4.78, 5) is 24.1. The Balaban J connectivity index is 1.37. The highest BCUT2D eigenvalue weighted by Gasteiger charge is 2.07. The molecule has 0 atom stereocenters. The maximum Gasteiger partial charge on any atom is 0.268 e. The summed E-state index contributed by atoms with van der Waals surface area (Å²) < 4.78 is 2.74. The molecule has 5 heteroatoms. The van der Waals surface area contributed by atoms with Gasteiger partial charge in [0.25, 0.3) is 5.56 Å². The van der Waals surface area contributed by atoms with E-state index in [1.165, 1.54) is 17.1 Å². The summed E-state index contributed by atoms with van der Waals surface area (Å²) >= 11 is 1.47. The van der Waals surface area contributed by atoms with Crippen LogP contribution in [-0.2, 0) is 17.8 Å². The molecule has 1 aromatic heterocycles. The van der Waals surface area contributed by atoms with Crippen LogP contribution in [0.25, 0.3) is 10.1 Å². The summed E-state index contributed by atoms with van der Waals surface area (Å²) in [6.07, 6.45) is 3.03. The SMILES string of the molecule is O=C(CCCn1sc2ccccc2c1=O)NCCCc1ccccc1. The molecule has 25 heavy (non-hydrogen) atoms. The second kappa shape index (κ2) is 8.62. The van der Waals surface area contributed by atoms with Gasteiger partial charge < -0.3 is 5.32 Å². The van der Waals surface area contributed by atoms with Gasteiger partial charge in [-0.2, -0.15) is 0 Å². The third kappa shape index (κ3) is 4.79. The van der Waals surface area contributed by atoms with Gasteiger partial charge in [0.15, 0.2) is 0 Å². The van der Waals surface area contributed by atoms with Crippen LogP contribution in [0.3, 0.4) is 0 Å². The number of aryl methyl sites for hydroxylation is 2. The molecule has 0 saturated carbocycles. The molecule has 130 valence electrons. The second-order valence-electron chi connectivity index (χ2n) is 6.04. The normalized spacial score (nSPS) is 10.9. The van der Waals surface area contributed by atoms with Crippen LogP contribution >= 0.6 is 11.5 Å². The molecule has 0 spiro atoms. The largest absolute Gasteiger partial charge is 0.356 e. The molecule has 1 heterocycles. The Bertz CT molecular complexity index is 883. The fraction of sp³-hybridized carbons (Fsp3) is 0.300. The molecule has 3 aromatic rings. The predicted octanol–water partition coefficient (Wildman–Crippen LogP) is 3.59. The van der Waals surface area contributed by atoms with Gasteiger partial charge in [-0.25, -0.2) is 0 Å². The highest BCUT2D eigenvalue weighted by Crippen LogP contribution is 2.16. The van der Waals surface area contributed by atoms with E-state index in [1.807, 2.05) is 42.5 Å². The molecule has 0 radical (unpaired) electrons. The lowest BCUT2D eigenvalue weighted by Crippen LogP contribution is -2.25.